The monoisotopic (exact) mass is 244 g/mol. The van der Waals surface area contributed by atoms with Crippen LogP contribution in [0.1, 0.15) is 50.5 Å². The summed E-state index contributed by atoms with van der Waals surface area (Å²) in [4.78, 5) is 10.6. The molecule has 0 bridgehead atoms. The van der Waals surface area contributed by atoms with Gasteiger partial charge >= 0.3 is 0 Å². The second-order valence-electron chi connectivity index (χ2n) is 5.59. The van der Waals surface area contributed by atoms with Gasteiger partial charge in [-0.3, -0.25) is 0 Å². The Labute approximate surface area is 111 Å². The Hall–Kier alpha value is -1.11. The lowest BCUT2D eigenvalue weighted by molar-refractivity contribution is -0.108. The molecular weight excluding hydrogens is 220 g/mol. The topological polar surface area (TPSA) is 17.1 Å². The number of carbonyl (C=O) groups excluding carboxylic acids is 1. The number of rotatable bonds is 6. The fraction of sp³-hybridized carbons (Fsp3) is 0.588. The van der Waals surface area contributed by atoms with E-state index >= 15 is 0 Å². The molecule has 0 spiro atoms. The molecule has 1 aromatic rings. The highest BCUT2D eigenvalue weighted by molar-refractivity contribution is 5.49. The van der Waals surface area contributed by atoms with E-state index in [9.17, 15) is 4.79 Å². The lowest BCUT2D eigenvalue weighted by atomic mass is 9.75. The van der Waals surface area contributed by atoms with E-state index in [0.717, 1.165) is 31.5 Å². The standard InChI is InChI=1S/C17H24O/c18-13-7-12-17(16-10-5-2-6-11-16)14-15-8-3-1-4-9-15/h1,3-4,8-9,13,16-17H,2,5-7,10-12,14H2/t17-/m0/s1. The largest absolute Gasteiger partial charge is 0.303 e. The van der Waals surface area contributed by atoms with Crippen molar-refractivity contribution in [3.8, 4) is 0 Å². The Morgan fingerprint density at radius 1 is 1.11 bits per heavy atom. The van der Waals surface area contributed by atoms with Crippen LogP contribution in [0.5, 0.6) is 0 Å². The minimum atomic E-state index is 0.706. The Bertz CT molecular complexity index is 338. The molecule has 1 aliphatic carbocycles. The first-order chi connectivity index (χ1) is 8.90. The maximum absolute atomic E-state index is 10.6. The van der Waals surface area contributed by atoms with Crippen LogP contribution in [0.15, 0.2) is 30.3 Å². The molecule has 0 radical (unpaired) electrons. The summed E-state index contributed by atoms with van der Waals surface area (Å²) in [6, 6.07) is 10.7. The third-order valence-electron chi connectivity index (χ3n) is 4.31. The van der Waals surface area contributed by atoms with Crippen molar-refractivity contribution in [2.75, 3.05) is 0 Å². The molecule has 1 saturated carbocycles. The molecule has 1 aromatic carbocycles. The van der Waals surface area contributed by atoms with Gasteiger partial charge in [-0.15, -0.1) is 0 Å². The average Bonchev–Trinajstić information content (AvgIpc) is 2.45. The number of benzene rings is 1. The van der Waals surface area contributed by atoms with Gasteiger partial charge in [0.15, 0.2) is 0 Å². The first kappa shape index (κ1) is 13.3. The van der Waals surface area contributed by atoms with E-state index < -0.39 is 0 Å². The van der Waals surface area contributed by atoms with Gasteiger partial charge in [0, 0.05) is 6.42 Å². The molecule has 18 heavy (non-hydrogen) atoms. The van der Waals surface area contributed by atoms with Crippen LogP contribution in [0, 0.1) is 11.8 Å². The van der Waals surface area contributed by atoms with E-state index in [1.807, 2.05) is 0 Å². The molecule has 98 valence electrons. The van der Waals surface area contributed by atoms with Crippen LogP contribution in [0.25, 0.3) is 0 Å². The molecule has 0 aliphatic heterocycles. The molecule has 0 N–H and O–H groups in total. The van der Waals surface area contributed by atoms with E-state index in [-0.39, 0.29) is 0 Å². The molecule has 0 aromatic heterocycles. The fourth-order valence-corrected chi connectivity index (χ4v) is 3.31. The second kappa shape index (κ2) is 7.35. The smallest absolute Gasteiger partial charge is 0.120 e. The van der Waals surface area contributed by atoms with Crippen LogP contribution >= 0.6 is 0 Å². The molecule has 1 nitrogen and oxygen atoms in total. The fourth-order valence-electron chi connectivity index (χ4n) is 3.31. The Balaban J connectivity index is 1.97. The molecule has 0 unspecified atom stereocenters. The normalized spacial score (nSPS) is 18.4. The average molecular weight is 244 g/mol. The molecule has 0 heterocycles. The molecule has 1 fully saturated rings. The quantitative estimate of drug-likeness (QED) is 0.678. The van der Waals surface area contributed by atoms with Crippen molar-refractivity contribution >= 4 is 6.29 Å². The third kappa shape index (κ3) is 3.97. The Morgan fingerprint density at radius 3 is 2.50 bits per heavy atom. The van der Waals surface area contributed by atoms with Crippen molar-refractivity contribution in [3.63, 3.8) is 0 Å². The van der Waals surface area contributed by atoms with Crippen molar-refractivity contribution in [2.45, 2.75) is 51.4 Å². The summed E-state index contributed by atoms with van der Waals surface area (Å²) in [6.45, 7) is 0. The molecular formula is C17H24O. The number of carbonyl (C=O) groups is 1. The zero-order valence-electron chi connectivity index (χ0n) is 11.2. The summed E-state index contributed by atoms with van der Waals surface area (Å²) in [6.07, 6.45) is 11.0. The molecule has 0 saturated heterocycles. The maximum atomic E-state index is 10.6. The Kier molecular flexibility index (Phi) is 5.44. The van der Waals surface area contributed by atoms with Gasteiger partial charge in [-0.05, 0) is 30.2 Å². The van der Waals surface area contributed by atoms with Gasteiger partial charge in [-0.1, -0.05) is 62.4 Å². The number of hydrogen-bond acceptors (Lipinski definition) is 1. The summed E-state index contributed by atoms with van der Waals surface area (Å²) in [7, 11) is 0. The predicted octanol–water partition coefficient (Wildman–Crippen LogP) is 4.40. The van der Waals surface area contributed by atoms with Gasteiger partial charge in [-0.2, -0.15) is 0 Å². The molecule has 1 atom stereocenters. The first-order valence-electron chi connectivity index (χ1n) is 7.37. The second-order valence-corrected chi connectivity index (χ2v) is 5.59. The molecule has 0 amide bonds. The third-order valence-corrected chi connectivity index (χ3v) is 4.31. The van der Waals surface area contributed by atoms with Gasteiger partial charge in [0.25, 0.3) is 0 Å². The van der Waals surface area contributed by atoms with E-state index in [0.29, 0.717) is 5.92 Å². The lowest BCUT2D eigenvalue weighted by Crippen LogP contribution is -2.20. The summed E-state index contributed by atoms with van der Waals surface area (Å²) in [5, 5.41) is 0. The van der Waals surface area contributed by atoms with E-state index in [1.165, 1.54) is 37.7 Å². The highest BCUT2D eigenvalue weighted by atomic mass is 16.1. The minimum Gasteiger partial charge on any atom is -0.303 e. The SMILES string of the molecule is O=CCC[C@@H](Cc1ccccc1)C1CCCCC1. The van der Waals surface area contributed by atoms with Gasteiger partial charge in [0.1, 0.15) is 6.29 Å². The van der Waals surface area contributed by atoms with Crippen molar-refractivity contribution < 1.29 is 4.79 Å². The number of hydrogen-bond donors (Lipinski definition) is 0. The van der Waals surface area contributed by atoms with E-state index in [2.05, 4.69) is 30.3 Å². The predicted molar refractivity (Wildman–Crippen MR) is 75.5 cm³/mol. The molecule has 1 aliphatic rings. The van der Waals surface area contributed by atoms with Crippen LogP contribution in [0.2, 0.25) is 0 Å². The summed E-state index contributed by atoms with van der Waals surface area (Å²) in [5.74, 6) is 1.55. The van der Waals surface area contributed by atoms with Crippen molar-refractivity contribution in [3.05, 3.63) is 35.9 Å². The van der Waals surface area contributed by atoms with Crippen LogP contribution in [-0.2, 0) is 11.2 Å². The molecule has 2 rings (SSSR count). The minimum absolute atomic E-state index is 0.706. The van der Waals surface area contributed by atoms with Crippen LogP contribution in [-0.4, -0.2) is 6.29 Å². The van der Waals surface area contributed by atoms with Gasteiger partial charge in [0.05, 0.1) is 0 Å². The summed E-state index contributed by atoms with van der Waals surface area (Å²) >= 11 is 0. The van der Waals surface area contributed by atoms with Crippen LogP contribution < -0.4 is 0 Å². The zero-order chi connectivity index (χ0) is 12.6. The Morgan fingerprint density at radius 2 is 1.83 bits per heavy atom. The highest BCUT2D eigenvalue weighted by Gasteiger charge is 2.23. The van der Waals surface area contributed by atoms with Gasteiger partial charge in [0.2, 0.25) is 0 Å². The van der Waals surface area contributed by atoms with Crippen LogP contribution in [0.3, 0.4) is 0 Å². The van der Waals surface area contributed by atoms with E-state index in [1.54, 1.807) is 0 Å². The van der Waals surface area contributed by atoms with Crippen molar-refractivity contribution in [1.29, 1.82) is 0 Å². The van der Waals surface area contributed by atoms with Gasteiger partial charge in [-0.25, -0.2) is 0 Å². The van der Waals surface area contributed by atoms with Crippen molar-refractivity contribution in [2.24, 2.45) is 11.8 Å². The summed E-state index contributed by atoms with van der Waals surface area (Å²) < 4.78 is 0. The molecule has 1 heteroatoms. The maximum Gasteiger partial charge on any atom is 0.120 e. The lowest BCUT2D eigenvalue weighted by Gasteiger charge is -2.30. The number of aldehydes is 1. The zero-order valence-corrected chi connectivity index (χ0v) is 11.2. The first-order valence-corrected chi connectivity index (χ1v) is 7.37. The van der Waals surface area contributed by atoms with Crippen molar-refractivity contribution in [1.82, 2.24) is 0 Å². The summed E-state index contributed by atoms with van der Waals surface area (Å²) in [5.41, 5.74) is 1.43. The highest BCUT2D eigenvalue weighted by Crippen LogP contribution is 2.34. The van der Waals surface area contributed by atoms with Gasteiger partial charge < -0.3 is 4.79 Å². The van der Waals surface area contributed by atoms with E-state index in [4.69, 9.17) is 0 Å². The van der Waals surface area contributed by atoms with Crippen LogP contribution in [0.4, 0.5) is 0 Å².